The minimum atomic E-state index is 0.751. The first-order valence-electron chi connectivity index (χ1n) is 5.92. The highest BCUT2D eigenvalue weighted by Gasteiger charge is 2.04. The van der Waals surface area contributed by atoms with Gasteiger partial charge >= 0.3 is 0 Å². The Bertz CT molecular complexity index is 724. The summed E-state index contributed by atoms with van der Waals surface area (Å²) < 4.78 is 2.24. The highest BCUT2D eigenvalue weighted by atomic mass is 79.9. The highest BCUT2D eigenvalue weighted by Crippen LogP contribution is 2.28. The van der Waals surface area contributed by atoms with Crippen molar-refractivity contribution in [3.8, 4) is 0 Å². The van der Waals surface area contributed by atoms with Crippen LogP contribution >= 0.6 is 27.3 Å². The Hall–Kier alpha value is -1.46. The van der Waals surface area contributed by atoms with Gasteiger partial charge < -0.3 is 5.32 Å². The van der Waals surface area contributed by atoms with E-state index in [4.69, 9.17) is 0 Å². The average Bonchev–Trinajstić information content (AvgIpc) is 2.79. The number of aryl methyl sites for hydroxylation is 1. The number of thiazole rings is 1. The first-order valence-corrected chi connectivity index (χ1v) is 7.53. The van der Waals surface area contributed by atoms with Crippen molar-refractivity contribution in [2.75, 3.05) is 5.32 Å². The van der Waals surface area contributed by atoms with E-state index >= 15 is 0 Å². The van der Waals surface area contributed by atoms with Crippen LogP contribution in [0.25, 0.3) is 10.2 Å². The second-order valence-corrected chi connectivity index (χ2v) is 6.23. The summed E-state index contributed by atoms with van der Waals surface area (Å²) in [5.41, 5.74) is 3.46. The average molecular weight is 334 g/mol. The lowest BCUT2D eigenvalue weighted by Gasteiger charge is -2.04. The molecular formula is C14H12BrN3S. The summed E-state index contributed by atoms with van der Waals surface area (Å²) in [6.45, 7) is 2.84. The molecule has 0 saturated heterocycles. The summed E-state index contributed by atoms with van der Waals surface area (Å²) in [4.78, 5) is 8.72. The molecule has 1 N–H and O–H groups in total. The number of rotatable bonds is 3. The summed E-state index contributed by atoms with van der Waals surface area (Å²) in [7, 11) is 0. The van der Waals surface area contributed by atoms with Crippen LogP contribution in [0.1, 0.15) is 11.1 Å². The van der Waals surface area contributed by atoms with Crippen LogP contribution in [0, 0.1) is 6.92 Å². The molecule has 96 valence electrons. The second-order valence-electron chi connectivity index (χ2n) is 4.29. The van der Waals surface area contributed by atoms with E-state index in [0.717, 1.165) is 21.7 Å². The molecule has 0 saturated carbocycles. The Balaban J connectivity index is 1.80. The molecule has 0 aliphatic carbocycles. The van der Waals surface area contributed by atoms with Crippen LogP contribution in [0.15, 0.2) is 41.1 Å². The summed E-state index contributed by atoms with van der Waals surface area (Å²) in [6.07, 6.45) is 3.71. The Morgan fingerprint density at radius 1 is 1.32 bits per heavy atom. The Kier molecular flexibility index (Phi) is 3.48. The van der Waals surface area contributed by atoms with Crippen molar-refractivity contribution in [2.45, 2.75) is 13.5 Å². The summed E-state index contributed by atoms with van der Waals surface area (Å²) in [5.74, 6) is 0. The van der Waals surface area contributed by atoms with Gasteiger partial charge in [0.1, 0.15) is 0 Å². The molecule has 0 atom stereocenters. The van der Waals surface area contributed by atoms with Crippen LogP contribution in [-0.4, -0.2) is 9.97 Å². The lowest BCUT2D eigenvalue weighted by molar-refractivity contribution is 1.08. The third-order valence-corrected chi connectivity index (χ3v) is 4.41. The van der Waals surface area contributed by atoms with Gasteiger partial charge in [-0.1, -0.05) is 27.3 Å². The van der Waals surface area contributed by atoms with Crippen LogP contribution in [-0.2, 0) is 6.54 Å². The van der Waals surface area contributed by atoms with Gasteiger partial charge in [-0.05, 0) is 42.3 Å². The first kappa shape index (κ1) is 12.6. The molecule has 0 aliphatic heterocycles. The molecule has 0 amide bonds. The zero-order valence-corrected chi connectivity index (χ0v) is 12.8. The normalized spacial score (nSPS) is 10.8. The lowest BCUT2D eigenvalue weighted by Crippen LogP contribution is -2.01. The van der Waals surface area contributed by atoms with Crippen molar-refractivity contribution >= 4 is 42.6 Å². The van der Waals surface area contributed by atoms with Gasteiger partial charge in [0.2, 0.25) is 0 Å². The number of benzene rings is 1. The zero-order chi connectivity index (χ0) is 13.2. The number of hydrogen-bond donors (Lipinski definition) is 1. The number of pyridine rings is 1. The molecule has 0 fully saturated rings. The van der Waals surface area contributed by atoms with E-state index in [-0.39, 0.29) is 0 Å². The van der Waals surface area contributed by atoms with E-state index in [1.165, 1.54) is 15.8 Å². The Morgan fingerprint density at radius 3 is 3.05 bits per heavy atom. The van der Waals surface area contributed by atoms with E-state index in [1.807, 2.05) is 30.6 Å². The van der Waals surface area contributed by atoms with Crippen molar-refractivity contribution in [3.05, 3.63) is 52.3 Å². The minimum absolute atomic E-state index is 0.751. The van der Waals surface area contributed by atoms with Crippen molar-refractivity contribution in [1.29, 1.82) is 0 Å². The van der Waals surface area contributed by atoms with Gasteiger partial charge in [-0.3, -0.25) is 4.98 Å². The standard InChI is InChI=1S/C14H12BrN3S/c1-9-4-5-16-7-10(9)8-17-14-18-12-6-11(15)2-3-13(12)19-14/h2-7H,8H2,1H3,(H,17,18). The van der Waals surface area contributed by atoms with Crippen LogP contribution in [0.5, 0.6) is 0 Å². The smallest absolute Gasteiger partial charge is 0.184 e. The monoisotopic (exact) mass is 333 g/mol. The topological polar surface area (TPSA) is 37.8 Å². The number of nitrogens with zero attached hydrogens (tertiary/aromatic N) is 2. The summed E-state index contributed by atoms with van der Waals surface area (Å²) in [5, 5.41) is 4.30. The van der Waals surface area contributed by atoms with E-state index < -0.39 is 0 Å². The number of aromatic nitrogens is 2. The van der Waals surface area contributed by atoms with Crippen molar-refractivity contribution < 1.29 is 0 Å². The molecular weight excluding hydrogens is 322 g/mol. The number of anilines is 1. The maximum Gasteiger partial charge on any atom is 0.184 e. The number of halogens is 1. The first-order chi connectivity index (χ1) is 9.22. The fourth-order valence-corrected chi connectivity index (χ4v) is 3.02. The molecule has 2 heterocycles. The van der Waals surface area contributed by atoms with E-state index in [9.17, 15) is 0 Å². The molecule has 1 aromatic carbocycles. The summed E-state index contributed by atoms with van der Waals surface area (Å²) >= 11 is 5.13. The van der Waals surface area contributed by atoms with Gasteiger partial charge in [0, 0.05) is 23.4 Å². The van der Waals surface area contributed by atoms with Crippen LogP contribution in [0.2, 0.25) is 0 Å². The fraction of sp³-hybridized carbons (Fsp3) is 0.143. The van der Waals surface area contributed by atoms with E-state index in [1.54, 1.807) is 11.3 Å². The van der Waals surface area contributed by atoms with Crippen LogP contribution in [0.4, 0.5) is 5.13 Å². The lowest BCUT2D eigenvalue weighted by atomic mass is 10.2. The van der Waals surface area contributed by atoms with E-state index in [0.29, 0.717) is 0 Å². The highest BCUT2D eigenvalue weighted by molar-refractivity contribution is 9.10. The Morgan fingerprint density at radius 2 is 2.21 bits per heavy atom. The maximum atomic E-state index is 4.58. The van der Waals surface area contributed by atoms with Gasteiger partial charge in [0.05, 0.1) is 10.2 Å². The van der Waals surface area contributed by atoms with Crippen LogP contribution in [0.3, 0.4) is 0 Å². The summed E-state index contributed by atoms with van der Waals surface area (Å²) in [6, 6.07) is 8.17. The zero-order valence-electron chi connectivity index (χ0n) is 10.4. The largest absolute Gasteiger partial charge is 0.357 e. The van der Waals surface area contributed by atoms with Gasteiger partial charge in [0.25, 0.3) is 0 Å². The predicted octanol–water partition coefficient (Wildman–Crippen LogP) is 4.37. The van der Waals surface area contributed by atoms with Gasteiger partial charge in [-0.2, -0.15) is 0 Å². The molecule has 2 aromatic heterocycles. The van der Waals surface area contributed by atoms with Gasteiger partial charge in [0.15, 0.2) is 5.13 Å². The molecule has 3 nitrogen and oxygen atoms in total. The molecule has 3 rings (SSSR count). The Labute approximate surface area is 123 Å². The van der Waals surface area contributed by atoms with Crippen LogP contribution < -0.4 is 5.32 Å². The molecule has 0 radical (unpaired) electrons. The molecule has 3 aromatic rings. The third kappa shape index (κ3) is 2.77. The SMILES string of the molecule is Cc1ccncc1CNc1nc2cc(Br)ccc2s1. The van der Waals surface area contributed by atoms with Gasteiger partial charge in [-0.15, -0.1) is 0 Å². The molecule has 0 spiro atoms. The van der Waals surface area contributed by atoms with Crippen molar-refractivity contribution in [3.63, 3.8) is 0 Å². The molecule has 19 heavy (non-hydrogen) atoms. The number of fused-ring (bicyclic) bond motifs is 1. The molecule has 0 aliphatic rings. The van der Waals surface area contributed by atoms with Crippen molar-refractivity contribution in [1.82, 2.24) is 9.97 Å². The van der Waals surface area contributed by atoms with Crippen molar-refractivity contribution in [2.24, 2.45) is 0 Å². The fourth-order valence-electron chi connectivity index (χ4n) is 1.83. The predicted molar refractivity (Wildman–Crippen MR) is 83.6 cm³/mol. The molecule has 5 heteroatoms. The number of nitrogens with one attached hydrogen (secondary N) is 1. The third-order valence-electron chi connectivity index (χ3n) is 2.93. The second kappa shape index (κ2) is 5.27. The van der Waals surface area contributed by atoms with Gasteiger partial charge in [-0.25, -0.2) is 4.98 Å². The molecule has 0 unspecified atom stereocenters. The minimum Gasteiger partial charge on any atom is -0.357 e. The number of hydrogen-bond acceptors (Lipinski definition) is 4. The van der Waals surface area contributed by atoms with E-state index in [2.05, 4.69) is 44.2 Å². The maximum absolute atomic E-state index is 4.58. The quantitative estimate of drug-likeness (QED) is 0.773. The molecule has 0 bridgehead atoms.